The van der Waals surface area contributed by atoms with E-state index in [0.29, 0.717) is 4.31 Å². The fourth-order valence-corrected chi connectivity index (χ4v) is 6.13. The number of allylic oxidation sites excluding steroid dienone is 1. The van der Waals surface area contributed by atoms with Crippen molar-refractivity contribution in [3.63, 3.8) is 0 Å². The molecule has 0 aromatic heterocycles. The number of nitrogens with one attached hydrogen (secondary N) is 1. The monoisotopic (exact) mass is 584 g/mol. The zero-order valence-corrected chi connectivity index (χ0v) is 22.4. The SMILES string of the molecule is O=C(CN1C(C(=O)c2ccccc2)=C(Nc2ccccc2[N+](=O)[O-])c2ccccc2S1(=O)=O)c1ccc([N+](=O)[O-])cc1. The standard InChI is InChI=1S/C29H20N4O8S/c34-25(19-14-16-21(17-15-19)32(36)37)18-31-28(29(35)20-8-2-1-3-9-20)27(22-10-4-7-13-26(22)42(31,40)41)30-23-11-5-6-12-24(23)33(38)39/h1-17,30H,18H2. The summed E-state index contributed by atoms with van der Waals surface area (Å²) in [7, 11) is -4.51. The van der Waals surface area contributed by atoms with Gasteiger partial charge in [0.25, 0.3) is 21.4 Å². The lowest BCUT2D eigenvalue weighted by Crippen LogP contribution is -2.42. The third-order valence-corrected chi connectivity index (χ3v) is 8.31. The Kier molecular flexibility index (Phi) is 7.34. The summed E-state index contributed by atoms with van der Waals surface area (Å²) in [6, 6.07) is 23.8. The maximum absolute atomic E-state index is 14.0. The topological polar surface area (TPSA) is 170 Å². The van der Waals surface area contributed by atoms with Crippen LogP contribution in [0.2, 0.25) is 0 Å². The Bertz CT molecular complexity index is 1890. The minimum absolute atomic E-state index is 0.00777. The Morgan fingerprint density at radius 3 is 2.02 bits per heavy atom. The second-order valence-electron chi connectivity index (χ2n) is 9.05. The van der Waals surface area contributed by atoms with E-state index in [-0.39, 0.29) is 44.3 Å². The summed E-state index contributed by atoms with van der Waals surface area (Å²) in [5, 5.41) is 25.7. The zero-order valence-electron chi connectivity index (χ0n) is 21.5. The summed E-state index contributed by atoms with van der Waals surface area (Å²) in [5.74, 6) is -1.50. The number of anilines is 1. The predicted octanol–water partition coefficient (Wildman–Crippen LogP) is 5.05. The summed E-state index contributed by atoms with van der Waals surface area (Å²) in [5.41, 5.74) is -0.905. The van der Waals surface area contributed by atoms with Crippen LogP contribution in [0.15, 0.2) is 114 Å². The molecule has 0 spiro atoms. The van der Waals surface area contributed by atoms with Gasteiger partial charge in [-0.25, -0.2) is 8.42 Å². The molecule has 1 aliphatic heterocycles. The number of carbonyl (C=O) groups excluding carboxylic acids is 2. The molecule has 4 aromatic carbocycles. The van der Waals surface area contributed by atoms with Gasteiger partial charge in [-0.15, -0.1) is 0 Å². The molecule has 13 heteroatoms. The van der Waals surface area contributed by atoms with Crippen molar-refractivity contribution in [3.8, 4) is 0 Å². The number of nitro benzene ring substituents is 2. The second kappa shape index (κ2) is 11.1. The highest BCUT2D eigenvalue weighted by atomic mass is 32.2. The largest absolute Gasteiger partial charge is 0.348 e. The molecular weight excluding hydrogens is 564 g/mol. The molecule has 0 saturated heterocycles. The van der Waals surface area contributed by atoms with E-state index in [1.54, 1.807) is 24.3 Å². The first-order valence-electron chi connectivity index (χ1n) is 12.3. The van der Waals surface area contributed by atoms with Crippen LogP contribution in [0, 0.1) is 20.2 Å². The third-order valence-electron chi connectivity index (χ3n) is 6.51. The van der Waals surface area contributed by atoms with Crippen molar-refractivity contribution >= 4 is 44.3 Å². The van der Waals surface area contributed by atoms with E-state index in [0.717, 1.165) is 12.1 Å². The van der Waals surface area contributed by atoms with Crippen molar-refractivity contribution in [1.82, 2.24) is 4.31 Å². The summed E-state index contributed by atoms with van der Waals surface area (Å²) < 4.78 is 28.7. The van der Waals surface area contributed by atoms with Gasteiger partial charge in [-0.1, -0.05) is 60.7 Å². The Morgan fingerprint density at radius 2 is 1.36 bits per heavy atom. The third kappa shape index (κ3) is 5.11. The van der Waals surface area contributed by atoms with Crippen LogP contribution in [0.4, 0.5) is 17.1 Å². The fourth-order valence-electron chi connectivity index (χ4n) is 4.50. The minimum atomic E-state index is -4.51. The van der Waals surface area contributed by atoms with Gasteiger partial charge in [0.2, 0.25) is 5.78 Å². The molecule has 5 rings (SSSR count). The summed E-state index contributed by atoms with van der Waals surface area (Å²) in [6.07, 6.45) is 0. The number of Topliss-reactive ketones (excluding diaryl/α,β-unsaturated/α-hetero) is 2. The molecule has 0 unspecified atom stereocenters. The van der Waals surface area contributed by atoms with Crippen LogP contribution in [0.1, 0.15) is 26.3 Å². The molecule has 0 amide bonds. The van der Waals surface area contributed by atoms with Crippen molar-refractivity contribution in [2.45, 2.75) is 4.90 Å². The number of hydrogen-bond acceptors (Lipinski definition) is 9. The van der Waals surface area contributed by atoms with Crippen LogP contribution in [0.25, 0.3) is 5.70 Å². The fraction of sp³-hybridized carbons (Fsp3) is 0.0345. The highest BCUT2D eigenvalue weighted by molar-refractivity contribution is 7.89. The van der Waals surface area contributed by atoms with Crippen LogP contribution in [-0.2, 0) is 10.0 Å². The number of para-hydroxylation sites is 2. The molecule has 210 valence electrons. The quantitative estimate of drug-likeness (QED) is 0.161. The number of nitro groups is 2. The predicted molar refractivity (Wildman–Crippen MR) is 152 cm³/mol. The first-order valence-corrected chi connectivity index (χ1v) is 13.8. The van der Waals surface area contributed by atoms with Crippen LogP contribution in [-0.4, -0.2) is 40.7 Å². The Morgan fingerprint density at radius 1 is 0.738 bits per heavy atom. The van der Waals surface area contributed by atoms with Gasteiger partial charge in [0.05, 0.1) is 27.0 Å². The van der Waals surface area contributed by atoms with E-state index in [1.165, 1.54) is 66.7 Å². The van der Waals surface area contributed by atoms with Crippen LogP contribution in [0.5, 0.6) is 0 Å². The van der Waals surface area contributed by atoms with E-state index in [2.05, 4.69) is 5.32 Å². The first-order chi connectivity index (χ1) is 20.1. The average molecular weight is 585 g/mol. The van der Waals surface area contributed by atoms with Crippen molar-refractivity contribution in [3.05, 3.63) is 146 Å². The van der Waals surface area contributed by atoms with Crippen LogP contribution < -0.4 is 5.32 Å². The molecule has 0 saturated carbocycles. The van der Waals surface area contributed by atoms with E-state index < -0.39 is 43.7 Å². The number of ketones is 2. The minimum Gasteiger partial charge on any atom is -0.348 e. The van der Waals surface area contributed by atoms with Gasteiger partial charge >= 0.3 is 0 Å². The molecular formula is C29H20N4O8S. The summed E-state index contributed by atoms with van der Waals surface area (Å²) in [4.78, 5) is 48.8. The van der Waals surface area contributed by atoms with Gasteiger partial charge in [-0.05, 0) is 24.3 Å². The van der Waals surface area contributed by atoms with E-state index >= 15 is 0 Å². The van der Waals surface area contributed by atoms with E-state index in [1.807, 2.05) is 0 Å². The Hall–Kier alpha value is -5.69. The average Bonchev–Trinajstić information content (AvgIpc) is 3.00. The number of sulfonamides is 1. The number of fused-ring (bicyclic) bond motifs is 1. The molecule has 1 heterocycles. The van der Waals surface area contributed by atoms with Gasteiger partial charge in [-0.3, -0.25) is 34.1 Å². The lowest BCUT2D eigenvalue weighted by Gasteiger charge is -2.33. The number of hydrogen-bond donors (Lipinski definition) is 1. The van der Waals surface area contributed by atoms with Gasteiger partial charge in [-0.2, -0.15) is 0 Å². The molecule has 12 nitrogen and oxygen atoms in total. The molecule has 0 radical (unpaired) electrons. The molecule has 0 fully saturated rings. The van der Waals surface area contributed by atoms with Gasteiger partial charge in [0, 0.05) is 34.9 Å². The number of benzene rings is 4. The number of rotatable bonds is 9. The van der Waals surface area contributed by atoms with Crippen LogP contribution >= 0.6 is 0 Å². The number of nitrogens with zero attached hydrogens (tertiary/aromatic N) is 3. The molecule has 0 aliphatic carbocycles. The van der Waals surface area contributed by atoms with Gasteiger partial charge < -0.3 is 5.32 Å². The Labute approximate surface area is 238 Å². The lowest BCUT2D eigenvalue weighted by atomic mass is 10.0. The zero-order chi connectivity index (χ0) is 30.0. The number of non-ortho nitro benzene ring substituents is 1. The normalized spacial score (nSPS) is 13.7. The van der Waals surface area contributed by atoms with Gasteiger partial charge in [0.15, 0.2) is 5.78 Å². The summed E-state index contributed by atoms with van der Waals surface area (Å²) >= 11 is 0. The smallest absolute Gasteiger partial charge is 0.292 e. The molecule has 42 heavy (non-hydrogen) atoms. The Balaban J connectivity index is 1.73. The van der Waals surface area contributed by atoms with E-state index in [4.69, 9.17) is 0 Å². The highest BCUT2D eigenvalue weighted by Crippen LogP contribution is 2.40. The maximum Gasteiger partial charge on any atom is 0.292 e. The van der Waals surface area contributed by atoms with Crippen molar-refractivity contribution in [2.24, 2.45) is 0 Å². The second-order valence-corrected chi connectivity index (χ2v) is 10.9. The van der Waals surface area contributed by atoms with Crippen molar-refractivity contribution in [1.29, 1.82) is 0 Å². The highest BCUT2D eigenvalue weighted by Gasteiger charge is 2.41. The van der Waals surface area contributed by atoms with Gasteiger partial charge in [0.1, 0.15) is 11.4 Å². The lowest BCUT2D eigenvalue weighted by molar-refractivity contribution is -0.384. The molecule has 1 aliphatic rings. The van der Waals surface area contributed by atoms with Crippen LogP contribution in [0.3, 0.4) is 0 Å². The molecule has 0 atom stereocenters. The first kappa shape index (κ1) is 27.9. The van der Waals surface area contributed by atoms with Crippen molar-refractivity contribution in [2.75, 3.05) is 11.9 Å². The number of carbonyl (C=O) groups is 2. The van der Waals surface area contributed by atoms with Crippen molar-refractivity contribution < 1.29 is 27.9 Å². The molecule has 1 N–H and O–H groups in total. The molecule has 4 aromatic rings. The summed E-state index contributed by atoms with van der Waals surface area (Å²) in [6.45, 7) is -0.829. The molecule has 0 bridgehead atoms. The van der Waals surface area contributed by atoms with E-state index in [9.17, 15) is 38.2 Å². The maximum atomic E-state index is 14.0.